The molecule has 18 heavy (non-hydrogen) atoms. The van der Waals surface area contributed by atoms with Crippen LogP contribution >= 0.6 is 0 Å². The minimum atomic E-state index is 0. The average molecular weight is 484 g/mol. The van der Waals surface area contributed by atoms with Gasteiger partial charge in [-0.1, -0.05) is 12.8 Å². The quantitative estimate of drug-likeness (QED) is 0.192. The van der Waals surface area contributed by atoms with Gasteiger partial charge in [0, 0.05) is 0 Å². The molecular weight excluding hydrogens is 450 g/mol. The van der Waals surface area contributed by atoms with Crippen LogP contribution in [-0.4, -0.2) is 52.3 Å². The van der Waals surface area contributed by atoms with Gasteiger partial charge in [0.15, 0.2) is 0 Å². The van der Waals surface area contributed by atoms with Gasteiger partial charge in [0.25, 0.3) is 0 Å². The Bertz CT molecular complexity index is 168. The van der Waals surface area contributed by atoms with E-state index in [1.165, 1.54) is 45.1 Å². The highest BCUT2D eigenvalue weighted by Crippen LogP contribution is 2.07. The third-order valence-corrected chi connectivity index (χ3v) is 3.45. The number of halogens is 2. The molecule has 1 atom stereocenters. The molecule has 0 radical (unpaired) electrons. The Labute approximate surface area is 150 Å². The molecule has 0 aromatic carbocycles. The van der Waals surface area contributed by atoms with Gasteiger partial charge < -0.3 is 57.3 Å². The lowest BCUT2D eigenvalue weighted by Gasteiger charge is -2.23. The molecule has 0 amide bonds. The molecular formula is C14H34I2N2. The van der Waals surface area contributed by atoms with E-state index in [0.717, 1.165) is 10.5 Å². The minimum Gasteiger partial charge on any atom is -1.00 e. The molecule has 0 aromatic rings. The summed E-state index contributed by atoms with van der Waals surface area (Å²) in [5, 5.41) is 0. The molecule has 2 nitrogen and oxygen atoms in total. The standard InChI is InChI=1S/C14H33N2.2HI/c1-14(15(2)3)12-10-8-7-9-11-13-16(4,5)6;;/h14H,7-13H2,1-6H3;2*1H/q+1;;/p-1. The fraction of sp³-hybridized carbons (Fsp3) is 1.00. The molecule has 0 rings (SSSR count). The Balaban J connectivity index is -0.00000112. The molecule has 0 bridgehead atoms. The summed E-state index contributed by atoms with van der Waals surface area (Å²) in [7, 11) is 11.3. The molecule has 1 N–H and O–H groups in total. The molecule has 0 aliphatic rings. The number of nitrogens with one attached hydrogen (secondary N) is 1. The highest BCUT2D eigenvalue weighted by atomic mass is 127. The first-order chi connectivity index (χ1) is 7.33. The minimum absolute atomic E-state index is 0. The average Bonchev–Trinajstić information content (AvgIpc) is 2.14. The van der Waals surface area contributed by atoms with E-state index in [1.807, 2.05) is 0 Å². The van der Waals surface area contributed by atoms with Gasteiger partial charge in [-0.15, -0.1) is 0 Å². The highest BCUT2D eigenvalue weighted by Gasteiger charge is 2.07. The Kier molecular flexibility index (Phi) is 18.1. The topological polar surface area (TPSA) is 4.44 Å². The molecule has 0 saturated carbocycles. The summed E-state index contributed by atoms with van der Waals surface area (Å²) in [4.78, 5) is 1.59. The van der Waals surface area contributed by atoms with E-state index in [0.29, 0.717) is 0 Å². The monoisotopic (exact) mass is 484 g/mol. The van der Waals surface area contributed by atoms with E-state index in [9.17, 15) is 0 Å². The highest BCUT2D eigenvalue weighted by molar-refractivity contribution is 4.49. The van der Waals surface area contributed by atoms with E-state index in [4.69, 9.17) is 0 Å². The van der Waals surface area contributed by atoms with Crippen molar-refractivity contribution >= 4 is 0 Å². The van der Waals surface area contributed by atoms with Gasteiger partial charge in [-0.2, -0.15) is 0 Å². The van der Waals surface area contributed by atoms with Crippen molar-refractivity contribution in [1.82, 2.24) is 0 Å². The van der Waals surface area contributed by atoms with Gasteiger partial charge in [0.1, 0.15) is 0 Å². The van der Waals surface area contributed by atoms with Crippen LogP contribution in [0.15, 0.2) is 0 Å². The van der Waals surface area contributed by atoms with Gasteiger partial charge in [-0.25, -0.2) is 0 Å². The molecule has 114 valence electrons. The summed E-state index contributed by atoms with van der Waals surface area (Å²) in [6, 6.07) is 0.825. The van der Waals surface area contributed by atoms with Gasteiger partial charge in [0.05, 0.1) is 47.8 Å². The molecule has 0 aliphatic heterocycles. The van der Waals surface area contributed by atoms with E-state index in [2.05, 4.69) is 42.2 Å². The molecule has 0 heterocycles. The zero-order chi connectivity index (χ0) is 12.6. The molecule has 0 aliphatic carbocycles. The van der Waals surface area contributed by atoms with Crippen molar-refractivity contribution in [1.29, 1.82) is 0 Å². The van der Waals surface area contributed by atoms with Crippen LogP contribution in [0.1, 0.15) is 45.4 Å². The van der Waals surface area contributed by atoms with Crippen molar-refractivity contribution in [2.75, 3.05) is 41.8 Å². The zero-order valence-electron chi connectivity index (χ0n) is 13.2. The number of rotatable bonds is 9. The Morgan fingerprint density at radius 1 is 0.833 bits per heavy atom. The SMILES string of the molecule is CC(CCCCCCC[N+](C)(C)C)[NH+](C)C.[I-].[I-]. The smallest absolute Gasteiger partial charge is 0.0842 e. The Morgan fingerprint density at radius 3 is 1.72 bits per heavy atom. The van der Waals surface area contributed by atoms with Crippen molar-refractivity contribution in [2.24, 2.45) is 0 Å². The second-order valence-electron chi connectivity index (χ2n) is 6.55. The number of hydrogen-bond acceptors (Lipinski definition) is 0. The van der Waals surface area contributed by atoms with Gasteiger partial charge >= 0.3 is 0 Å². The summed E-state index contributed by atoms with van der Waals surface area (Å²) in [5.74, 6) is 0. The van der Waals surface area contributed by atoms with Gasteiger partial charge in [-0.05, 0) is 32.6 Å². The second kappa shape index (κ2) is 13.4. The largest absolute Gasteiger partial charge is 1.00 e. The lowest BCUT2D eigenvalue weighted by molar-refractivity contribution is -0.883. The second-order valence-corrected chi connectivity index (χ2v) is 6.55. The molecule has 0 fully saturated rings. The van der Waals surface area contributed by atoms with E-state index >= 15 is 0 Å². The normalized spacial score (nSPS) is 12.8. The zero-order valence-corrected chi connectivity index (χ0v) is 17.5. The van der Waals surface area contributed by atoms with E-state index < -0.39 is 0 Å². The van der Waals surface area contributed by atoms with E-state index in [-0.39, 0.29) is 48.0 Å². The van der Waals surface area contributed by atoms with Crippen LogP contribution in [0, 0.1) is 0 Å². The third kappa shape index (κ3) is 17.4. The summed E-state index contributed by atoms with van der Waals surface area (Å²) >= 11 is 0. The fourth-order valence-corrected chi connectivity index (χ4v) is 1.86. The predicted molar refractivity (Wildman–Crippen MR) is 72.9 cm³/mol. The number of quaternary nitrogens is 2. The number of hydrogen-bond donors (Lipinski definition) is 1. The van der Waals surface area contributed by atoms with Crippen molar-refractivity contribution in [3.63, 3.8) is 0 Å². The fourth-order valence-electron chi connectivity index (χ4n) is 1.86. The molecule has 0 saturated heterocycles. The number of unbranched alkanes of at least 4 members (excludes halogenated alkanes) is 4. The van der Waals surface area contributed by atoms with Crippen LogP contribution in [0.4, 0.5) is 0 Å². The van der Waals surface area contributed by atoms with Crippen LogP contribution in [0.25, 0.3) is 0 Å². The first-order valence-corrected chi connectivity index (χ1v) is 6.93. The maximum atomic E-state index is 2.35. The predicted octanol–water partition coefficient (Wildman–Crippen LogP) is -4.43. The van der Waals surface area contributed by atoms with Crippen LogP contribution in [0.3, 0.4) is 0 Å². The first-order valence-electron chi connectivity index (χ1n) is 6.93. The van der Waals surface area contributed by atoms with Crippen LogP contribution < -0.4 is 52.9 Å². The van der Waals surface area contributed by atoms with Crippen LogP contribution in [0.2, 0.25) is 0 Å². The third-order valence-electron chi connectivity index (χ3n) is 3.45. The Hall–Kier alpha value is 1.38. The van der Waals surface area contributed by atoms with Crippen molar-refractivity contribution in [2.45, 2.75) is 51.5 Å². The summed E-state index contributed by atoms with van der Waals surface area (Å²) in [5.41, 5.74) is 0. The molecule has 0 aromatic heterocycles. The summed E-state index contributed by atoms with van der Waals surface area (Å²) in [6.45, 7) is 3.67. The van der Waals surface area contributed by atoms with Crippen molar-refractivity contribution < 1.29 is 57.3 Å². The maximum absolute atomic E-state index is 2.35. The van der Waals surface area contributed by atoms with Crippen LogP contribution in [0.5, 0.6) is 0 Å². The number of nitrogens with zero attached hydrogens (tertiary/aromatic N) is 1. The lowest BCUT2D eigenvalue weighted by atomic mass is 10.1. The maximum Gasteiger partial charge on any atom is 0.0842 e. The van der Waals surface area contributed by atoms with Crippen molar-refractivity contribution in [3.8, 4) is 0 Å². The molecule has 0 spiro atoms. The van der Waals surface area contributed by atoms with E-state index in [1.54, 1.807) is 4.90 Å². The first kappa shape index (κ1) is 24.4. The van der Waals surface area contributed by atoms with Crippen molar-refractivity contribution in [3.05, 3.63) is 0 Å². The molecule has 4 heteroatoms. The van der Waals surface area contributed by atoms with Crippen LogP contribution in [-0.2, 0) is 0 Å². The summed E-state index contributed by atoms with van der Waals surface area (Å²) < 4.78 is 1.11. The summed E-state index contributed by atoms with van der Waals surface area (Å²) in [6.07, 6.45) is 8.45. The molecule has 1 unspecified atom stereocenters. The lowest BCUT2D eigenvalue weighted by Crippen LogP contribution is -3.09. The van der Waals surface area contributed by atoms with Gasteiger partial charge in [0.2, 0.25) is 0 Å². The Morgan fingerprint density at radius 2 is 1.28 bits per heavy atom. The van der Waals surface area contributed by atoms with Gasteiger partial charge in [-0.3, -0.25) is 0 Å².